The van der Waals surface area contributed by atoms with E-state index in [1.165, 1.54) is 12.1 Å². The molecule has 0 fully saturated rings. The molecule has 0 aliphatic heterocycles. The number of benzene rings is 2. The molecule has 0 spiro atoms. The molecule has 3 rings (SSSR count). The summed E-state index contributed by atoms with van der Waals surface area (Å²) in [5.74, 6) is 0.0402. The highest BCUT2D eigenvalue weighted by atomic mass is 19.1. The summed E-state index contributed by atoms with van der Waals surface area (Å²) >= 11 is 0. The van der Waals surface area contributed by atoms with Crippen LogP contribution in [0.25, 0.3) is 16.8 Å². The minimum atomic E-state index is -0.311. The molecule has 0 unspecified atom stereocenters. The highest BCUT2D eigenvalue weighted by molar-refractivity contribution is 5.78. The van der Waals surface area contributed by atoms with Crippen LogP contribution in [0.2, 0.25) is 0 Å². The molecule has 2 N–H and O–H groups in total. The van der Waals surface area contributed by atoms with Gasteiger partial charge in [-0.05, 0) is 36.8 Å². The molecular weight excluding hydrogens is 277 g/mol. The molecule has 3 nitrogen and oxygen atoms in total. The second-order valence-corrected chi connectivity index (χ2v) is 5.13. The average molecular weight is 291 g/mol. The van der Waals surface area contributed by atoms with Crippen molar-refractivity contribution in [3.8, 4) is 22.9 Å². The van der Waals surface area contributed by atoms with E-state index < -0.39 is 0 Å². The molecule has 0 aliphatic carbocycles. The lowest BCUT2D eigenvalue weighted by molar-refractivity contribution is 0.627. The van der Waals surface area contributed by atoms with Crippen LogP contribution in [0.15, 0.2) is 54.7 Å². The van der Waals surface area contributed by atoms with Gasteiger partial charge in [0.05, 0.1) is 0 Å². The van der Waals surface area contributed by atoms with Crippen LogP contribution in [0.5, 0.6) is 0 Å². The lowest BCUT2D eigenvalue weighted by Crippen LogP contribution is -1.99. The molecule has 0 saturated carbocycles. The Kier molecular flexibility index (Phi) is 3.40. The number of rotatable bonds is 2. The summed E-state index contributed by atoms with van der Waals surface area (Å²) < 4.78 is 14.8. The Morgan fingerprint density at radius 3 is 2.27 bits per heavy atom. The predicted molar refractivity (Wildman–Crippen MR) is 85.0 cm³/mol. The number of aromatic nitrogens is 1. The molecule has 3 aromatic rings. The zero-order valence-electron chi connectivity index (χ0n) is 12.0. The van der Waals surface area contributed by atoms with E-state index in [0.717, 1.165) is 16.7 Å². The maximum atomic E-state index is 13.1. The quantitative estimate of drug-likeness (QED) is 0.774. The van der Waals surface area contributed by atoms with Crippen molar-refractivity contribution in [2.24, 2.45) is 0 Å². The standard InChI is InChI=1S/C18H14FN3/c1-12-2-4-13(5-3-12)17-11-22(18(21)16(17)10-20)15-8-6-14(19)7-9-15/h2-9,11H,21H2,1H3. The average Bonchev–Trinajstić information content (AvgIpc) is 2.85. The third-order valence-electron chi connectivity index (χ3n) is 3.62. The highest BCUT2D eigenvalue weighted by Gasteiger charge is 2.15. The van der Waals surface area contributed by atoms with Gasteiger partial charge in [-0.3, -0.25) is 0 Å². The molecular formula is C18H14FN3. The van der Waals surface area contributed by atoms with Gasteiger partial charge in [0.15, 0.2) is 0 Å². The number of anilines is 1. The first kappa shape index (κ1) is 13.9. The van der Waals surface area contributed by atoms with Crippen LogP contribution in [-0.2, 0) is 0 Å². The summed E-state index contributed by atoms with van der Waals surface area (Å²) in [5.41, 5.74) is 10.1. The molecule has 108 valence electrons. The Bertz CT molecular complexity index is 853. The smallest absolute Gasteiger partial charge is 0.126 e. The number of aryl methyl sites for hydroxylation is 1. The van der Waals surface area contributed by atoms with Crippen LogP contribution in [0.1, 0.15) is 11.1 Å². The van der Waals surface area contributed by atoms with Crippen molar-refractivity contribution in [1.82, 2.24) is 4.57 Å². The van der Waals surface area contributed by atoms with Gasteiger partial charge in [-0.2, -0.15) is 5.26 Å². The molecule has 1 heterocycles. The monoisotopic (exact) mass is 291 g/mol. The Balaban J connectivity index is 2.17. The molecule has 0 saturated heterocycles. The van der Waals surface area contributed by atoms with E-state index in [1.54, 1.807) is 16.7 Å². The number of nitriles is 1. The summed E-state index contributed by atoms with van der Waals surface area (Å²) in [5, 5.41) is 9.42. The lowest BCUT2D eigenvalue weighted by Gasteiger charge is -2.05. The van der Waals surface area contributed by atoms with Crippen molar-refractivity contribution in [2.45, 2.75) is 6.92 Å². The summed E-state index contributed by atoms with van der Waals surface area (Å²) in [6.45, 7) is 2.01. The second-order valence-electron chi connectivity index (χ2n) is 5.13. The van der Waals surface area contributed by atoms with Crippen molar-refractivity contribution in [3.63, 3.8) is 0 Å². The third-order valence-corrected chi connectivity index (χ3v) is 3.62. The molecule has 0 aliphatic rings. The van der Waals surface area contributed by atoms with E-state index in [-0.39, 0.29) is 5.82 Å². The van der Waals surface area contributed by atoms with E-state index in [2.05, 4.69) is 6.07 Å². The van der Waals surface area contributed by atoms with Gasteiger partial charge in [-0.15, -0.1) is 0 Å². The van der Waals surface area contributed by atoms with Crippen LogP contribution in [0.4, 0.5) is 10.2 Å². The summed E-state index contributed by atoms with van der Waals surface area (Å²) in [6.07, 6.45) is 1.81. The van der Waals surface area contributed by atoms with Gasteiger partial charge in [0.2, 0.25) is 0 Å². The molecule has 4 heteroatoms. The topological polar surface area (TPSA) is 54.7 Å². The van der Waals surface area contributed by atoms with E-state index >= 15 is 0 Å². The van der Waals surface area contributed by atoms with E-state index in [9.17, 15) is 9.65 Å². The Labute approximate surface area is 128 Å². The fourth-order valence-electron chi connectivity index (χ4n) is 2.41. The maximum Gasteiger partial charge on any atom is 0.126 e. The van der Waals surface area contributed by atoms with Crippen LogP contribution >= 0.6 is 0 Å². The van der Waals surface area contributed by atoms with Gasteiger partial charge in [-0.25, -0.2) is 4.39 Å². The molecule has 2 aromatic carbocycles. The first-order chi connectivity index (χ1) is 10.6. The van der Waals surface area contributed by atoms with Crippen LogP contribution < -0.4 is 5.73 Å². The number of nitrogen functional groups attached to an aromatic ring is 1. The van der Waals surface area contributed by atoms with Gasteiger partial charge in [0.25, 0.3) is 0 Å². The van der Waals surface area contributed by atoms with Crippen molar-refractivity contribution >= 4 is 5.82 Å². The molecule has 1 aromatic heterocycles. The first-order valence-electron chi connectivity index (χ1n) is 6.84. The van der Waals surface area contributed by atoms with Gasteiger partial charge in [0, 0.05) is 17.4 Å². The number of nitrogens with zero attached hydrogens (tertiary/aromatic N) is 2. The third kappa shape index (κ3) is 2.33. The van der Waals surface area contributed by atoms with Gasteiger partial charge in [-0.1, -0.05) is 29.8 Å². The Hall–Kier alpha value is -3.06. The van der Waals surface area contributed by atoms with E-state index in [0.29, 0.717) is 17.1 Å². The number of hydrogen-bond donors (Lipinski definition) is 1. The highest BCUT2D eigenvalue weighted by Crippen LogP contribution is 2.31. The van der Waals surface area contributed by atoms with Gasteiger partial charge < -0.3 is 10.3 Å². The Morgan fingerprint density at radius 2 is 1.68 bits per heavy atom. The largest absolute Gasteiger partial charge is 0.384 e. The molecule has 0 amide bonds. The zero-order chi connectivity index (χ0) is 15.7. The van der Waals surface area contributed by atoms with Crippen LogP contribution in [-0.4, -0.2) is 4.57 Å². The summed E-state index contributed by atoms with van der Waals surface area (Å²) in [6, 6.07) is 16.0. The number of nitrogens with two attached hydrogens (primary N) is 1. The molecule has 22 heavy (non-hydrogen) atoms. The fraction of sp³-hybridized carbons (Fsp3) is 0.0556. The van der Waals surface area contributed by atoms with Crippen LogP contribution in [0, 0.1) is 24.1 Å². The van der Waals surface area contributed by atoms with Crippen molar-refractivity contribution in [1.29, 1.82) is 5.26 Å². The minimum absolute atomic E-state index is 0.311. The normalized spacial score (nSPS) is 10.4. The number of hydrogen-bond acceptors (Lipinski definition) is 2. The van der Waals surface area contributed by atoms with Crippen LogP contribution in [0.3, 0.4) is 0 Å². The van der Waals surface area contributed by atoms with Crippen molar-refractivity contribution < 1.29 is 4.39 Å². The SMILES string of the molecule is Cc1ccc(-c2cn(-c3ccc(F)cc3)c(N)c2C#N)cc1. The van der Waals surface area contributed by atoms with Gasteiger partial charge in [0.1, 0.15) is 23.3 Å². The lowest BCUT2D eigenvalue weighted by atomic mass is 10.0. The molecule has 0 radical (unpaired) electrons. The molecule has 0 atom stereocenters. The predicted octanol–water partition coefficient (Wildman–Crippen LogP) is 4.05. The first-order valence-corrected chi connectivity index (χ1v) is 6.84. The minimum Gasteiger partial charge on any atom is -0.384 e. The second kappa shape index (κ2) is 5.38. The van der Waals surface area contributed by atoms with E-state index in [1.807, 2.05) is 37.4 Å². The fourth-order valence-corrected chi connectivity index (χ4v) is 2.41. The summed E-state index contributed by atoms with van der Waals surface area (Å²) in [4.78, 5) is 0. The maximum absolute atomic E-state index is 13.1. The molecule has 0 bridgehead atoms. The van der Waals surface area contributed by atoms with Crippen molar-refractivity contribution in [2.75, 3.05) is 5.73 Å². The number of halogens is 1. The zero-order valence-corrected chi connectivity index (χ0v) is 12.0. The Morgan fingerprint density at radius 1 is 1.05 bits per heavy atom. The van der Waals surface area contributed by atoms with Crippen molar-refractivity contribution in [3.05, 3.63) is 71.7 Å². The van der Waals surface area contributed by atoms with E-state index in [4.69, 9.17) is 5.73 Å². The summed E-state index contributed by atoms with van der Waals surface area (Å²) in [7, 11) is 0. The van der Waals surface area contributed by atoms with Gasteiger partial charge >= 0.3 is 0 Å².